The van der Waals surface area contributed by atoms with Crippen molar-refractivity contribution in [1.82, 2.24) is 15.2 Å². The molecule has 0 saturated heterocycles. The summed E-state index contributed by atoms with van der Waals surface area (Å²) in [7, 11) is 1.46. The molecule has 3 rings (SSSR count). The van der Waals surface area contributed by atoms with Gasteiger partial charge in [0, 0.05) is 19.3 Å². The number of hydrogen-bond donors (Lipinski definition) is 2. The normalized spacial score (nSPS) is 18.2. The van der Waals surface area contributed by atoms with Crippen LogP contribution in [0, 0.1) is 5.92 Å². The van der Waals surface area contributed by atoms with Gasteiger partial charge in [0.25, 0.3) is 17.4 Å². The third kappa shape index (κ3) is 3.85. The largest absolute Gasteiger partial charge is 0.355 e. The minimum Gasteiger partial charge on any atom is -0.355 e. The van der Waals surface area contributed by atoms with Gasteiger partial charge in [0.05, 0.1) is 12.1 Å². The van der Waals surface area contributed by atoms with Crippen molar-refractivity contribution in [2.45, 2.75) is 32.4 Å². The molecule has 1 unspecified atom stereocenters. The second-order valence-electron chi connectivity index (χ2n) is 6.62. The van der Waals surface area contributed by atoms with Gasteiger partial charge in [0.1, 0.15) is 5.56 Å². The monoisotopic (exact) mass is 353 g/mol. The van der Waals surface area contributed by atoms with E-state index in [9.17, 15) is 14.4 Å². The minimum absolute atomic E-state index is 0.0288. The third-order valence-electron chi connectivity index (χ3n) is 4.78. The van der Waals surface area contributed by atoms with E-state index in [-0.39, 0.29) is 17.5 Å². The molecule has 0 radical (unpaired) electrons. The van der Waals surface area contributed by atoms with E-state index in [2.05, 4.69) is 17.6 Å². The molecule has 1 saturated carbocycles. The number of hydrogen-bond acceptors (Lipinski definition) is 3. The van der Waals surface area contributed by atoms with E-state index in [0.717, 1.165) is 18.4 Å². The fraction of sp³-hybridized carbons (Fsp3) is 0.350. The molecule has 6 nitrogen and oxygen atoms in total. The Morgan fingerprint density at radius 1 is 1.19 bits per heavy atom. The number of pyridine rings is 1. The van der Waals surface area contributed by atoms with E-state index < -0.39 is 11.5 Å². The van der Waals surface area contributed by atoms with Gasteiger partial charge in [-0.1, -0.05) is 43.7 Å². The van der Waals surface area contributed by atoms with Gasteiger partial charge in [-0.2, -0.15) is 0 Å². The van der Waals surface area contributed by atoms with Crippen LogP contribution in [0.1, 0.15) is 46.0 Å². The first-order valence-electron chi connectivity index (χ1n) is 8.84. The zero-order valence-corrected chi connectivity index (χ0v) is 15.0. The van der Waals surface area contributed by atoms with Crippen LogP contribution in [0.15, 0.2) is 47.4 Å². The zero-order valence-electron chi connectivity index (χ0n) is 15.0. The average Bonchev–Trinajstić information content (AvgIpc) is 3.41. The van der Waals surface area contributed by atoms with Gasteiger partial charge in [0.15, 0.2) is 0 Å². The highest BCUT2D eigenvalue weighted by Crippen LogP contribution is 2.33. The van der Waals surface area contributed by atoms with Gasteiger partial charge in [-0.3, -0.25) is 14.4 Å². The van der Waals surface area contributed by atoms with Crippen LogP contribution in [0.4, 0.5) is 0 Å². The van der Waals surface area contributed by atoms with Crippen LogP contribution in [0.25, 0.3) is 0 Å². The summed E-state index contributed by atoms with van der Waals surface area (Å²) in [6.07, 6.45) is 3.54. The number of carbonyl (C=O) groups is 2. The van der Waals surface area contributed by atoms with Gasteiger partial charge < -0.3 is 15.2 Å². The molecule has 0 spiro atoms. The molecule has 1 aliphatic carbocycles. The summed E-state index contributed by atoms with van der Waals surface area (Å²) in [6.45, 7) is 2.40. The molecule has 2 N–H and O–H groups in total. The van der Waals surface area contributed by atoms with Crippen LogP contribution in [0.3, 0.4) is 0 Å². The van der Waals surface area contributed by atoms with Crippen molar-refractivity contribution in [2.75, 3.05) is 7.05 Å². The fourth-order valence-electron chi connectivity index (χ4n) is 3.08. The van der Waals surface area contributed by atoms with Crippen LogP contribution >= 0.6 is 0 Å². The molecule has 2 aromatic rings. The van der Waals surface area contributed by atoms with Gasteiger partial charge in [0.2, 0.25) is 0 Å². The lowest BCUT2D eigenvalue weighted by molar-refractivity contribution is 0.0948. The molecule has 1 aromatic carbocycles. The molecule has 1 fully saturated rings. The Bertz CT molecular complexity index is 874. The maximum Gasteiger partial charge on any atom is 0.263 e. The van der Waals surface area contributed by atoms with E-state index in [1.165, 1.54) is 23.9 Å². The predicted octanol–water partition coefficient (Wildman–Crippen LogP) is 1.78. The van der Waals surface area contributed by atoms with Crippen molar-refractivity contribution in [3.05, 3.63) is 69.6 Å². The van der Waals surface area contributed by atoms with E-state index >= 15 is 0 Å². The molecular formula is C20H23N3O3. The number of aromatic nitrogens is 1. The van der Waals surface area contributed by atoms with Crippen LogP contribution in [-0.4, -0.2) is 29.5 Å². The van der Waals surface area contributed by atoms with Crippen LogP contribution in [-0.2, 0) is 6.54 Å². The zero-order chi connectivity index (χ0) is 18.7. The molecule has 2 atom stereocenters. The van der Waals surface area contributed by atoms with Crippen molar-refractivity contribution in [2.24, 2.45) is 5.92 Å². The maximum absolute atomic E-state index is 12.7. The summed E-state index contributed by atoms with van der Waals surface area (Å²) < 4.78 is 1.42. The molecule has 0 aliphatic heterocycles. The van der Waals surface area contributed by atoms with Crippen LogP contribution < -0.4 is 16.2 Å². The van der Waals surface area contributed by atoms with Crippen molar-refractivity contribution in [1.29, 1.82) is 0 Å². The highest BCUT2D eigenvalue weighted by Gasteiger charge is 2.36. The van der Waals surface area contributed by atoms with Gasteiger partial charge in [-0.25, -0.2) is 0 Å². The summed E-state index contributed by atoms with van der Waals surface area (Å²) in [6, 6.07) is 11.0. The molecule has 2 amide bonds. The standard InChI is InChI=1S/C20H23N3O3/c1-3-14-10-17(14)22-18(24)15-9-16(19(25)21-2)20(26)23(12-15)11-13-7-5-4-6-8-13/h4-9,12,14,17H,3,10-11H2,1-2H3,(H,21,25)(H,22,24)/t14-,17?/m0/s1. The van der Waals surface area contributed by atoms with Crippen LogP contribution in [0.5, 0.6) is 0 Å². The number of nitrogens with one attached hydrogen (secondary N) is 2. The third-order valence-corrected chi connectivity index (χ3v) is 4.78. The molecular weight excluding hydrogens is 330 g/mol. The molecule has 0 bridgehead atoms. The van der Waals surface area contributed by atoms with Crippen molar-refractivity contribution >= 4 is 11.8 Å². The maximum atomic E-state index is 12.7. The lowest BCUT2D eigenvalue weighted by Gasteiger charge is -2.12. The lowest BCUT2D eigenvalue weighted by Crippen LogP contribution is -2.34. The first-order chi connectivity index (χ1) is 12.5. The summed E-state index contributed by atoms with van der Waals surface area (Å²) in [5.74, 6) is -0.227. The van der Waals surface area contributed by atoms with Gasteiger partial charge >= 0.3 is 0 Å². The van der Waals surface area contributed by atoms with Crippen molar-refractivity contribution in [3.8, 4) is 0 Å². The van der Waals surface area contributed by atoms with Crippen molar-refractivity contribution < 1.29 is 9.59 Å². The number of amides is 2. The highest BCUT2D eigenvalue weighted by molar-refractivity contribution is 5.99. The summed E-state index contributed by atoms with van der Waals surface area (Å²) in [4.78, 5) is 37.3. The molecule has 6 heteroatoms. The van der Waals surface area contributed by atoms with E-state index in [0.29, 0.717) is 18.0 Å². The van der Waals surface area contributed by atoms with Crippen molar-refractivity contribution in [3.63, 3.8) is 0 Å². The Balaban J connectivity index is 1.93. The van der Waals surface area contributed by atoms with Crippen LogP contribution in [0.2, 0.25) is 0 Å². The average molecular weight is 353 g/mol. The summed E-state index contributed by atoms with van der Waals surface area (Å²) >= 11 is 0. The Hall–Kier alpha value is -2.89. The lowest BCUT2D eigenvalue weighted by atomic mass is 10.1. The molecule has 136 valence electrons. The second kappa shape index (κ2) is 7.56. The van der Waals surface area contributed by atoms with E-state index in [1.54, 1.807) is 0 Å². The first kappa shape index (κ1) is 17.9. The molecule has 1 heterocycles. The Morgan fingerprint density at radius 3 is 2.54 bits per heavy atom. The number of rotatable bonds is 6. The first-order valence-corrected chi connectivity index (χ1v) is 8.84. The fourth-order valence-corrected chi connectivity index (χ4v) is 3.08. The minimum atomic E-state index is -0.496. The topological polar surface area (TPSA) is 80.2 Å². The second-order valence-corrected chi connectivity index (χ2v) is 6.62. The number of carbonyl (C=O) groups excluding carboxylic acids is 2. The van der Waals surface area contributed by atoms with Gasteiger partial charge in [-0.05, 0) is 24.0 Å². The highest BCUT2D eigenvalue weighted by atomic mass is 16.2. The Morgan fingerprint density at radius 2 is 1.92 bits per heavy atom. The molecule has 26 heavy (non-hydrogen) atoms. The molecule has 1 aromatic heterocycles. The summed E-state index contributed by atoms with van der Waals surface area (Å²) in [5, 5.41) is 5.44. The Kier molecular flexibility index (Phi) is 5.21. The predicted molar refractivity (Wildman–Crippen MR) is 99.3 cm³/mol. The number of benzene rings is 1. The Labute approximate surface area is 152 Å². The quantitative estimate of drug-likeness (QED) is 0.831. The number of nitrogens with zero attached hydrogens (tertiary/aromatic N) is 1. The molecule has 1 aliphatic rings. The summed E-state index contributed by atoms with van der Waals surface area (Å²) in [5.41, 5.74) is 0.797. The van der Waals surface area contributed by atoms with E-state index in [1.807, 2.05) is 30.3 Å². The van der Waals surface area contributed by atoms with Gasteiger partial charge in [-0.15, -0.1) is 0 Å². The van der Waals surface area contributed by atoms with E-state index in [4.69, 9.17) is 0 Å². The SMILES string of the molecule is CC[C@H]1CC1NC(=O)c1cc(C(=O)NC)c(=O)n(Cc2ccccc2)c1. The smallest absolute Gasteiger partial charge is 0.263 e.